The van der Waals surface area contributed by atoms with Crippen molar-refractivity contribution < 1.29 is 10.2 Å². The average molecular weight is 253 g/mol. The predicted molar refractivity (Wildman–Crippen MR) is 61.3 cm³/mol. The maximum Gasteiger partial charge on any atom is 0.107 e. The lowest BCUT2D eigenvalue weighted by atomic mass is 10.1. The Labute approximate surface area is 97.9 Å². The van der Waals surface area contributed by atoms with Gasteiger partial charge in [-0.15, -0.1) is 0 Å². The third kappa shape index (κ3) is 2.78. The molecule has 1 rings (SSSR count). The molecule has 0 saturated heterocycles. The van der Waals surface area contributed by atoms with E-state index in [4.69, 9.17) is 23.2 Å². The molecule has 0 saturated carbocycles. The van der Waals surface area contributed by atoms with Crippen molar-refractivity contribution in [3.05, 3.63) is 33.8 Å². The predicted octanol–water partition coefficient (Wildman–Crippen LogP) is 2.32. The lowest BCUT2D eigenvalue weighted by Crippen LogP contribution is -2.20. The van der Waals surface area contributed by atoms with Gasteiger partial charge in [-0.2, -0.15) is 12.6 Å². The van der Waals surface area contributed by atoms with Crippen LogP contribution >= 0.6 is 35.8 Å². The fourth-order valence-electron chi connectivity index (χ4n) is 1.05. The van der Waals surface area contributed by atoms with E-state index in [-0.39, 0.29) is 5.75 Å². The normalized spacial score (nSPS) is 15.2. The molecule has 1 aromatic carbocycles. The Hall–Kier alpha value is 0.0700. The quantitative estimate of drug-likeness (QED) is 0.723. The maximum absolute atomic E-state index is 9.65. The molecule has 0 aliphatic rings. The van der Waals surface area contributed by atoms with Crippen molar-refractivity contribution in [1.82, 2.24) is 0 Å². The summed E-state index contributed by atoms with van der Waals surface area (Å²) in [4.78, 5) is 0. The van der Waals surface area contributed by atoms with E-state index in [1.54, 1.807) is 12.1 Å². The van der Waals surface area contributed by atoms with Gasteiger partial charge in [-0.25, -0.2) is 0 Å². The summed E-state index contributed by atoms with van der Waals surface area (Å²) in [5, 5.41) is 19.9. The highest BCUT2D eigenvalue weighted by Gasteiger charge is 2.19. The molecule has 5 heteroatoms. The van der Waals surface area contributed by atoms with E-state index in [0.29, 0.717) is 15.6 Å². The number of hydrogen-bond donors (Lipinski definition) is 3. The van der Waals surface area contributed by atoms with Crippen molar-refractivity contribution in [2.45, 2.75) is 12.2 Å². The van der Waals surface area contributed by atoms with Gasteiger partial charge in [0.05, 0.1) is 6.10 Å². The van der Waals surface area contributed by atoms with Gasteiger partial charge in [0, 0.05) is 21.4 Å². The molecule has 0 radical (unpaired) electrons. The molecule has 0 bridgehead atoms. The molecule has 0 heterocycles. The molecule has 1 aromatic rings. The minimum atomic E-state index is -1.06. The highest BCUT2D eigenvalue weighted by molar-refractivity contribution is 7.80. The van der Waals surface area contributed by atoms with Crippen molar-refractivity contribution in [3.63, 3.8) is 0 Å². The Bertz CT molecular complexity index is 320. The number of aliphatic hydroxyl groups excluding tert-OH is 2. The highest BCUT2D eigenvalue weighted by atomic mass is 35.5. The molecule has 0 spiro atoms. The summed E-state index contributed by atoms with van der Waals surface area (Å²) in [5.74, 6) is 0.157. The number of thiol groups is 1. The Morgan fingerprint density at radius 2 is 1.93 bits per heavy atom. The van der Waals surface area contributed by atoms with Crippen LogP contribution < -0.4 is 0 Å². The van der Waals surface area contributed by atoms with Crippen molar-refractivity contribution in [1.29, 1.82) is 0 Å². The number of aliphatic hydroxyl groups is 2. The van der Waals surface area contributed by atoms with Gasteiger partial charge in [0.15, 0.2) is 0 Å². The first-order valence-electron chi connectivity index (χ1n) is 3.98. The standard InChI is InChI=1S/C9H10Cl2O2S/c10-5-1-2-7(11)6(3-5)9(13)8(12)4-14/h1-3,8-9,12-14H,4H2. The van der Waals surface area contributed by atoms with Gasteiger partial charge in [0.1, 0.15) is 6.10 Å². The Kier molecular flexibility index (Phi) is 4.54. The second-order valence-corrected chi connectivity index (χ2v) is 4.07. The fourth-order valence-corrected chi connectivity index (χ4v) is 1.66. The zero-order chi connectivity index (χ0) is 10.7. The molecule has 2 unspecified atom stereocenters. The van der Waals surface area contributed by atoms with E-state index in [1.165, 1.54) is 6.07 Å². The first-order valence-corrected chi connectivity index (χ1v) is 5.37. The summed E-state index contributed by atoms with van der Waals surface area (Å²) in [6, 6.07) is 4.72. The summed E-state index contributed by atoms with van der Waals surface area (Å²) in [7, 11) is 0. The number of rotatable bonds is 3. The Balaban J connectivity index is 2.99. The number of hydrogen-bond acceptors (Lipinski definition) is 3. The van der Waals surface area contributed by atoms with E-state index >= 15 is 0 Å². The minimum absolute atomic E-state index is 0.157. The summed E-state index contributed by atoms with van der Waals surface area (Å²) in [6.07, 6.45) is -2.01. The third-order valence-electron chi connectivity index (χ3n) is 1.83. The molecule has 0 fully saturated rings. The molecule has 2 nitrogen and oxygen atoms in total. The van der Waals surface area contributed by atoms with Gasteiger partial charge in [-0.1, -0.05) is 23.2 Å². The molecule has 0 amide bonds. The summed E-state index contributed by atoms with van der Waals surface area (Å²) in [6.45, 7) is 0. The van der Waals surface area contributed by atoms with Gasteiger partial charge in [0.25, 0.3) is 0 Å². The summed E-state index contributed by atoms with van der Waals surface area (Å²) >= 11 is 15.5. The Morgan fingerprint density at radius 1 is 1.29 bits per heavy atom. The third-order valence-corrected chi connectivity index (χ3v) is 2.78. The largest absolute Gasteiger partial charge is 0.389 e. The van der Waals surface area contributed by atoms with Crippen molar-refractivity contribution in [2.75, 3.05) is 5.75 Å². The van der Waals surface area contributed by atoms with E-state index in [2.05, 4.69) is 12.6 Å². The number of halogens is 2. The molecule has 2 atom stereocenters. The first-order chi connectivity index (χ1) is 6.56. The first kappa shape index (κ1) is 12.1. The molecule has 14 heavy (non-hydrogen) atoms. The molecule has 0 aromatic heterocycles. The van der Waals surface area contributed by atoms with Crippen LogP contribution in [0.1, 0.15) is 11.7 Å². The van der Waals surface area contributed by atoms with Gasteiger partial charge in [-0.3, -0.25) is 0 Å². The zero-order valence-corrected chi connectivity index (χ0v) is 9.60. The van der Waals surface area contributed by atoms with Crippen LogP contribution in [0.15, 0.2) is 18.2 Å². The van der Waals surface area contributed by atoms with Gasteiger partial charge < -0.3 is 10.2 Å². The maximum atomic E-state index is 9.65. The van der Waals surface area contributed by atoms with E-state index in [9.17, 15) is 10.2 Å². The number of benzene rings is 1. The Morgan fingerprint density at radius 3 is 2.50 bits per heavy atom. The average Bonchev–Trinajstić information content (AvgIpc) is 2.19. The van der Waals surface area contributed by atoms with Crippen LogP contribution in [0.4, 0.5) is 0 Å². The molecular weight excluding hydrogens is 243 g/mol. The molecule has 78 valence electrons. The van der Waals surface area contributed by atoms with E-state index in [1.807, 2.05) is 0 Å². The van der Waals surface area contributed by atoms with E-state index in [0.717, 1.165) is 0 Å². The van der Waals surface area contributed by atoms with Gasteiger partial charge >= 0.3 is 0 Å². The van der Waals surface area contributed by atoms with Crippen LogP contribution in [0.3, 0.4) is 0 Å². The summed E-state index contributed by atoms with van der Waals surface area (Å²) < 4.78 is 0. The van der Waals surface area contributed by atoms with Crippen LogP contribution in [-0.4, -0.2) is 22.1 Å². The van der Waals surface area contributed by atoms with Crippen LogP contribution in [0, 0.1) is 0 Å². The van der Waals surface area contributed by atoms with Crippen LogP contribution in [0.25, 0.3) is 0 Å². The fraction of sp³-hybridized carbons (Fsp3) is 0.333. The molecule has 2 N–H and O–H groups in total. The highest BCUT2D eigenvalue weighted by Crippen LogP contribution is 2.28. The lowest BCUT2D eigenvalue weighted by Gasteiger charge is -2.17. The summed E-state index contributed by atoms with van der Waals surface area (Å²) in [5.41, 5.74) is 0.417. The zero-order valence-electron chi connectivity index (χ0n) is 7.19. The second kappa shape index (κ2) is 5.24. The van der Waals surface area contributed by atoms with Crippen LogP contribution in [-0.2, 0) is 0 Å². The SMILES string of the molecule is OC(CS)C(O)c1cc(Cl)ccc1Cl. The molecule has 0 aliphatic heterocycles. The van der Waals surface area contributed by atoms with Crippen molar-refractivity contribution >= 4 is 35.8 Å². The second-order valence-electron chi connectivity index (χ2n) is 2.86. The van der Waals surface area contributed by atoms with Crippen LogP contribution in [0.5, 0.6) is 0 Å². The van der Waals surface area contributed by atoms with Gasteiger partial charge in [0.2, 0.25) is 0 Å². The molecular formula is C9H10Cl2O2S. The van der Waals surface area contributed by atoms with Gasteiger partial charge in [-0.05, 0) is 18.2 Å². The molecule has 0 aliphatic carbocycles. The topological polar surface area (TPSA) is 40.5 Å². The van der Waals surface area contributed by atoms with Crippen LogP contribution in [0.2, 0.25) is 10.0 Å². The minimum Gasteiger partial charge on any atom is -0.389 e. The van der Waals surface area contributed by atoms with E-state index < -0.39 is 12.2 Å². The lowest BCUT2D eigenvalue weighted by molar-refractivity contribution is 0.0338. The smallest absolute Gasteiger partial charge is 0.107 e. The monoisotopic (exact) mass is 252 g/mol. The van der Waals surface area contributed by atoms with Crippen molar-refractivity contribution in [3.8, 4) is 0 Å². The van der Waals surface area contributed by atoms with Crippen molar-refractivity contribution in [2.24, 2.45) is 0 Å².